The quantitative estimate of drug-likeness (QED) is 0.834. The van der Waals surface area contributed by atoms with Gasteiger partial charge >= 0.3 is 0 Å². The molecule has 0 unspecified atom stereocenters. The molecule has 2 rings (SSSR count). The summed E-state index contributed by atoms with van der Waals surface area (Å²) >= 11 is 0. The molecule has 78 valence electrons. The van der Waals surface area contributed by atoms with Crippen LogP contribution in [-0.2, 0) is 6.54 Å². The van der Waals surface area contributed by atoms with Crippen molar-refractivity contribution < 1.29 is 9.15 Å². The molecule has 0 saturated carbocycles. The van der Waals surface area contributed by atoms with E-state index in [-0.39, 0.29) is 0 Å². The molecule has 1 aromatic heterocycles. The molecule has 2 N–H and O–H groups in total. The van der Waals surface area contributed by atoms with Crippen molar-refractivity contribution in [2.45, 2.75) is 13.5 Å². The maximum Gasteiger partial charge on any atom is 0.290 e. The van der Waals surface area contributed by atoms with Gasteiger partial charge in [-0.3, -0.25) is 0 Å². The Morgan fingerprint density at radius 3 is 2.80 bits per heavy atom. The fourth-order valence-electron chi connectivity index (χ4n) is 1.32. The van der Waals surface area contributed by atoms with E-state index in [0.717, 1.165) is 17.1 Å². The van der Waals surface area contributed by atoms with Crippen LogP contribution < -0.4 is 10.5 Å². The molecule has 0 aliphatic heterocycles. The van der Waals surface area contributed by atoms with Crippen LogP contribution in [0.2, 0.25) is 0 Å². The predicted molar refractivity (Wildman–Crippen MR) is 57.9 cm³/mol. The summed E-state index contributed by atoms with van der Waals surface area (Å²) in [6.07, 6.45) is 0. The highest BCUT2D eigenvalue weighted by Crippen LogP contribution is 2.23. The molecule has 0 aliphatic rings. The molecule has 0 atom stereocenters. The third-order valence-corrected chi connectivity index (χ3v) is 2.05. The van der Waals surface area contributed by atoms with Gasteiger partial charge in [0.1, 0.15) is 11.5 Å². The summed E-state index contributed by atoms with van der Waals surface area (Å²) in [5, 5.41) is 0. The number of rotatable bonds is 3. The second-order valence-corrected chi connectivity index (χ2v) is 3.34. The lowest BCUT2D eigenvalue weighted by atomic mass is 10.2. The van der Waals surface area contributed by atoms with Gasteiger partial charge in [-0.15, -0.1) is 0 Å². The molecule has 0 saturated heterocycles. The number of hydrogen-bond donors (Lipinski definition) is 1. The Balaban J connectivity index is 2.14. The molecule has 2 aromatic rings. The first-order valence-electron chi connectivity index (χ1n) is 4.81. The molecule has 1 heterocycles. The van der Waals surface area contributed by atoms with Crippen LogP contribution in [0.1, 0.15) is 11.3 Å². The summed E-state index contributed by atoms with van der Waals surface area (Å²) in [5.41, 5.74) is 6.58. The first-order chi connectivity index (χ1) is 7.28. The Kier molecular flexibility index (Phi) is 2.74. The van der Waals surface area contributed by atoms with Crippen molar-refractivity contribution in [2.75, 3.05) is 0 Å². The van der Waals surface area contributed by atoms with E-state index >= 15 is 0 Å². The molecule has 3 nitrogen and oxygen atoms in total. The molecule has 0 spiro atoms. The van der Waals surface area contributed by atoms with Gasteiger partial charge in [-0.25, -0.2) is 0 Å². The van der Waals surface area contributed by atoms with Crippen LogP contribution in [-0.4, -0.2) is 0 Å². The summed E-state index contributed by atoms with van der Waals surface area (Å²) in [5.74, 6) is 1.96. The SMILES string of the molecule is Cc1cccc(Oc2ccc(CN)o2)c1. The number of ether oxygens (including phenoxy) is 1. The first-order valence-corrected chi connectivity index (χ1v) is 4.81. The Labute approximate surface area is 88.5 Å². The Hall–Kier alpha value is -1.74. The molecule has 0 fully saturated rings. The molecular formula is C12H13NO2. The minimum atomic E-state index is 0.386. The van der Waals surface area contributed by atoms with Crippen LogP contribution in [0.4, 0.5) is 0 Å². The number of nitrogens with two attached hydrogens (primary N) is 1. The van der Waals surface area contributed by atoms with Crippen molar-refractivity contribution in [3.63, 3.8) is 0 Å². The molecule has 0 aliphatic carbocycles. The van der Waals surface area contributed by atoms with E-state index in [1.165, 1.54) is 0 Å². The van der Waals surface area contributed by atoms with Gasteiger partial charge in [0.15, 0.2) is 0 Å². The van der Waals surface area contributed by atoms with Gasteiger partial charge in [-0.05, 0) is 30.7 Å². The van der Waals surface area contributed by atoms with E-state index in [0.29, 0.717) is 12.5 Å². The van der Waals surface area contributed by atoms with Crippen LogP contribution in [0.25, 0.3) is 0 Å². The smallest absolute Gasteiger partial charge is 0.290 e. The minimum Gasteiger partial charge on any atom is -0.429 e. The molecule has 15 heavy (non-hydrogen) atoms. The maximum atomic E-state index is 5.52. The second-order valence-electron chi connectivity index (χ2n) is 3.34. The monoisotopic (exact) mass is 203 g/mol. The number of furan rings is 1. The van der Waals surface area contributed by atoms with E-state index in [4.69, 9.17) is 14.9 Å². The zero-order valence-electron chi connectivity index (χ0n) is 8.57. The van der Waals surface area contributed by atoms with Crippen LogP contribution in [0.15, 0.2) is 40.8 Å². The van der Waals surface area contributed by atoms with E-state index in [1.54, 1.807) is 6.07 Å². The van der Waals surface area contributed by atoms with Crippen molar-refractivity contribution in [2.24, 2.45) is 5.73 Å². The van der Waals surface area contributed by atoms with Gasteiger partial charge in [-0.1, -0.05) is 12.1 Å². The van der Waals surface area contributed by atoms with Crippen molar-refractivity contribution in [3.05, 3.63) is 47.7 Å². The predicted octanol–water partition coefficient (Wildman–Crippen LogP) is 2.84. The summed E-state index contributed by atoms with van der Waals surface area (Å²) in [6.45, 7) is 2.40. The molecule has 3 heteroatoms. The standard InChI is InChI=1S/C12H13NO2/c1-9-3-2-4-10(7-9)14-12-6-5-11(8-13)15-12/h2-7H,8,13H2,1H3. The van der Waals surface area contributed by atoms with Crippen LogP contribution in [0.3, 0.4) is 0 Å². The largest absolute Gasteiger partial charge is 0.429 e. The first kappa shape index (κ1) is 9.80. The van der Waals surface area contributed by atoms with Crippen LogP contribution >= 0.6 is 0 Å². The maximum absolute atomic E-state index is 5.52. The van der Waals surface area contributed by atoms with E-state index in [2.05, 4.69) is 0 Å². The molecule has 0 amide bonds. The van der Waals surface area contributed by atoms with Gasteiger partial charge in [0.2, 0.25) is 0 Å². The highest BCUT2D eigenvalue weighted by molar-refractivity contribution is 5.30. The van der Waals surface area contributed by atoms with E-state index in [9.17, 15) is 0 Å². The summed E-state index contributed by atoms with van der Waals surface area (Å²) in [6, 6.07) is 11.4. The highest BCUT2D eigenvalue weighted by Gasteiger charge is 2.02. The lowest BCUT2D eigenvalue weighted by Gasteiger charge is -2.02. The lowest BCUT2D eigenvalue weighted by Crippen LogP contribution is -1.92. The number of aryl methyl sites for hydroxylation is 1. The van der Waals surface area contributed by atoms with Crippen LogP contribution in [0.5, 0.6) is 11.7 Å². The number of hydrogen-bond acceptors (Lipinski definition) is 3. The lowest BCUT2D eigenvalue weighted by molar-refractivity contribution is 0.332. The second kappa shape index (κ2) is 4.19. The Bertz CT molecular complexity index is 448. The average Bonchev–Trinajstić information content (AvgIpc) is 2.65. The van der Waals surface area contributed by atoms with Gasteiger partial charge in [0, 0.05) is 6.07 Å². The summed E-state index contributed by atoms with van der Waals surface area (Å²) in [7, 11) is 0. The topological polar surface area (TPSA) is 48.4 Å². The van der Waals surface area contributed by atoms with Crippen molar-refractivity contribution in [3.8, 4) is 11.7 Å². The number of benzene rings is 1. The van der Waals surface area contributed by atoms with E-state index < -0.39 is 0 Å². The fraction of sp³-hybridized carbons (Fsp3) is 0.167. The van der Waals surface area contributed by atoms with Gasteiger partial charge in [-0.2, -0.15) is 0 Å². The third kappa shape index (κ3) is 2.39. The third-order valence-electron chi connectivity index (χ3n) is 2.05. The Morgan fingerprint density at radius 2 is 2.13 bits per heavy atom. The summed E-state index contributed by atoms with van der Waals surface area (Å²) < 4.78 is 10.8. The van der Waals surface area contributed by atoms with Gasteiger partial charge in [0.25, 0.3) is 5.95 Å². The molecule has 1 aromatic carbocycles. The molecular weight excluding hydrogens is 190 g/mol. The van der Waals surface area contributed by atoms with Crippen LogP contribution in [0, 0.1) is 6.92 Å². The summed E-state index contributed by atoms with van der Waals surface area (Å²) in [4.78, 5) is 0. The van der Waals surface area contributed by atoms with Gasteiger partial charge < -0.3 is 14.9 Å². The van der Waals surface area contributed by atoms with Crippen molar-refractivity contribution in [1.82, 2.24) is 0 Å². The fourth-order valence-corrected chi connectivity index (χ4v) is 1.32. The minimum absolute atomic E-state index is 0.386. The van der Waals surface area contributed by atoms with Crippen molar-refractivity contribution >= 4 is 0 Å². The molecule has 0 radical (unpaired) electrons. The molecule has 0 bridgehead atoms. The Morgan fingerprint density at radius 1 is 1.27 bits per heavy atom. The zero-order chi connectivity index (χ0) is 10.7. The van der Waals surface area contributed by atoms with E-state index in [1.807, 2.05) is 37.3 Å². The van der Waals surface area contributed by atoms with Gasteiger partial charge in [0.05, 0.1) is 6.54 Å². The highest BCUT2D eigenvalue weighted by atomic mass is 16.6. The van der Waals surface area contributed by atoms with Crippen molar-refractivity contribution in [1.29, 1.82) is 0 Å². The zero-order valence-corrected chi connectivity index (χ0v) is 8.57. The average molecular weight is 203 g/mol. The normalized spacial score (nSPS) is 10.3.